The molecule has 1 unspecified atom stereocenters. The lowest BCUT2D eigenvalue weighted by Gasteiger charge is -2.30. The summed E-state index contributed by atoms with van der Waals surface area (Å²) in [6.45, 7) is 7.14. The highest BCUT2D eigenvalue weighted by atomic mass is 79.9. The fourth-order valence-electron chi connectivity index (χ4n) is 4.91. The number of anilines is 1. The van der Waals surface area contributed by atoms with Crippen molar-refractivity contribution in [3.05, 3.63) is 39.8 Å². The molecule has 2 heterocycles. The molecule has 1 fully saturated rings. The van der Waals surface area contributed by atoms with Gasteiger partial charge < -0.3 is 19.5 Å². The van der Waals surface area contributed by atoms with Gasteiger partial charge in [0.05, 0.1) is 23.3 Å². The minimum Gasteiger partial charge on any atom is -0.490 e. The molecule has 0 radical (unpaired) electrons. The van der Waals surface area contributed by atoms with Crippen LogP contribution >= 0.6 is 15.9 Å². The molecule has 0 amide bonds. The summed E-state index contributed by atoms with van der Waals surface area (Å²) < 4.78 is 20.6. The van der Waals surface area contributed by atoms with Crippen molar-refractivity contribution in [1.82, 2.24) is 14.8 Å². The first-order valence-electron chi connectivity index (χ1n) is 13.2. The van der Waals surface area contributed by atoms with Crippen molar-refractivity contribution in [3.8, 4) is 11.5 Å². The molecule has 1 saturated carbocycles. The van der Waals surface area contributed by atoms with Gasteiger partial charge in [0.25, 0.3) is 0 Å². The highest BCUT2D eigenvalue weighted by molar-refractivity contribution is 9.10. The van der Waals surface area contributed by atoms with Crippen molar-refractivity contribution in [2.45, 2.75) is 90.7 Å². The number of aromatic nitrogens is 3. The van der Waals surface area contributed by atoms with Crippen molar-refractivity contribution >= 4 is 27.8 Å². The summed E-state index contributed by atoms with van der Waals surface area (Å²) in [6.07, 6.45) is 11.2. The quantitative estimate of drug-likeness (QED) is 0.246. The standard InChI is InChI=1S/C27H37BrN4O4/c1-4-6-7-11-14-35-25-21(28)15-19(16-22(25)34-5-2)24-23(18(3)31-27-29-17-30-32(24)27)26(33)36-20-12-9-8-10-13-20/h15-17,20,24H,4-14H2,1-3H3,(H,29,30,31). The molecular formula is C27H37BrN4O4. The smallest absolute Gasteiger partial charge is 0.338 e. The molecule has 8 nitrogen and oxygen atoms in total. The molecule has 0 bridgehead atoms. The van der Waals surface area contributed by atoms with Crippen molar-refractivity contribution in [2.24, 2.45) is 0 Å². The zero-order valence-corrected chi connectivity index (χ0v) is 23.1. The fourth-order valence-corrected chi connectivity index (χ4v) is 5.49. The van der Waals surface area contributed by atoms with Crippen LogP contribution in [0.5, 0.6) is 11.5 Å². The van der Waals surface area contributed by atoms with Gasteiger partial charge in [-0.2, -0.15) is 10.1 Å². The van der Waals surface area contributed by atoms with Gasteiger partial charge >= 0.3 is 5.97 Å². The number of fused-ring (bicyclic) bond motifs is 1. The first-order valence-corrected chi connectivity index (χ1v) is 14.0. The lowest BCUT2D eigenvalue weighted by Crippen LogP contribution is -2.32. The number of esters is 1. The monoisotopic (exact) mass is 560 g/mol. The van der Waals surface area contributed by atoms with Crippen LogP contribution < -0.4 is 14.8 Å². The van der Waals surface area contributed by atoms with Crippen molar-refractivity contribution in [3.63, 3.8) is 0 Å². The third-order valence-corrected chi connectivity index (χ3v) is 7.32. The van der Waals surface area contributed by atoms with Gasteiger partial charge in [-0.1, -0.05) is 32.6 Å². The van der Waals surface area contributed by atoms with E-state index in [1.807, 2.05) is 26.0 Å². The number of ether oxygens (including phenoxy) is 3. The Bertz CT molecular complexity index is 1080. The van der Waals surface area contributed by atoms with Gasteiger partial charge in [0.2, 0.25) is 5.95 Å². The third-order valence-electron chi connectivity index (χ3n) is 6.73. The van der Waals surface area contributed by atoms with Gasteiger partial charge in [-0.3, -0.25) is 0 Å². The Kier molecular flexibility index (Phi) is 9.29. The second-order valence-corrected chi connectivity index (χ2v) is 10.3. The maximum Gasteiger partial charge on any atom is 0.338 e. The van der Waals surface area contributed by atoms with Gasteiger partial charge in [-0.05, 0) is 79.6 Å². The molecule has 0 saturated heterocycles. The van der Waals surface area contributed by atoms with Crippen LogP contribution in [0.15, 0.2) is 34.2 Å². The molecular weight excluding hydrogens is 524 g/mol. The van der Waals surface area contributed by atoms with Crippen LogP contribution in [0.3, 0.4) is 0 Å². The van der Waals surface area contributed by atoms with Gasteiger partial charge in [0.1, 0.15) is 18.5 Å². The van der Waals surface area contributed by atoms with Gasteiger partial charge in [0.15, 0.2) is 11.5 Å². The number of allylic oxidation sites excluding steroid dienone is 1. The molecule has 0 spiro atoms. The number of hydrogen-bond acceptors (Lipinski definition) is 7. The number of nitrogens with one attached hydrogen (secondary N) is 1. The average molecular weight is 562 g/mol. The highest BCUT2D eigenvalue weighted by Crippen LogP contribution is 2.43. The second kappa shape index (κ2) is 12.6. The number of carbonyl (C=O) groups excluding carboxylic acids is 1. The van der Waals surface area contributed by atoms with E-state index < -0.39 is 6.04 Å². The molecule has 1 aromatic carbocycles. The minimum atomic E-state index is -0.506. The van der Waals surface area contributed by atoms with Crippen LogP contribution in [0.25, 0.3) is 0 Å². The third kappa shape index (κ3) is 6.05. The Morgan fingerprint density at radius 2 is 1.94 bits per heavy atom. The summed E-state index contributed by atoms with van der Waals surface area (Å²) in [5.74, 6) is 1.58. The number of halogens is 1. The van der Waals surface area contributed by atoms with E-state index in [1.165, 1.54) is 25.6 Å². The largest absolute Gasteiger partial charge is 0.490 e. The van der Waals surface area contributed by atoms with Crippen LogP contribution in [-0.4, -0.2) is 40.1 Å². The topological polar surface area (TPSA) is 87.5 Å². The zero-order chi connectivity index (χ0) is 25.5. The SMILES string of the molecule is CCCCCCOc1c(Br)cc(C2C(C(=O)OC3CCCCC3)=C(C)Nc3ncnn32)cc1OCC. The average Bonchev–Trinajstić information content (AvgIpc) is 3.33. The van der Waals surface area contributed by atoms with Gasteiger partial charge in [0, 0.05) is 5.70 Å². The van der Waals surface area contributed by atoms with Crippen LogP contribution in [0, 0.1) is 0 Å². The molecule has 1 aromatic heterocycles. The van der Waals surface area contributed by atoms with Crippen molar-refractivity contribution < 1.29 is 19.0 Å². The maximum atomic E-state index is 13.5. The minimum absolute atomic E-state index is 0.0430. The Morgan fingerprint density at radius 3 is 2.69 bits per heavy atom. The van der Waals surface area contributed by atoms with E-state index >= 15 is 0 Å². The van der Waals surface area contributed by atoms with E-state index in [0.29, 0.717) is 41.9 Å². The molecule has 1 N–H and O–H groups in total. The van der Waals surface area contributed by atoms with E-state index in [2.05, 4.69) is 38.3 Å². The number of carbonyl (C=O) groups is 1. The lowest BCUT2D eigenvalue weighted by molar-refractivity contribution is -0.146. The first kappa shape index (κ1) is 26.5. The Morgan fingerprint density at radius 1 is 1.14 bits per heavy atom. The summed E-state index contributed by atoms with van der Waals surface area (Å²) in [6, 6.07) is 3.42. The van der Waals surface area contributed by atoms with E-state index in [1.54, 1.807) is 4.68 Å². The molecule has 196 valence electrons. The highest BCUT2D eigenvalue weighted by Gasteiger charge is 2.36. The number of nitrogens with zero attached hydrogens (tertiary/aromatic N) is 3. The number of hydrogen-bond donors (Lipinski definition) is 1. The summed E-state index contributed by atoms with van der Waals surface area (Å²) in [5.41, 5.74) is 2.08. The molecule has 1 aliphatic carbocycles. The van der Waals surface area contributed by atoms with E-state index in [4.69, 9.17) is 14.2 Å². The Balaban J connectivity index is 1.66. The van der Waals surface area contributed by atoms with Gasteiger partial charge in [-0.15, -0.1) is 0 Å². The van der Waals surface area contributed by atoms with Crippen molar-refractivity contribution in [2.75, 3.05) is 18.5 Å². The number of benzene rings is 1. The second-order valence-electron chi connectivity index (χ2n) is 9.43. The predicted octanol–water partition coefficient (Wildman–Crippen LogP) is 6.56. The molecule has 36 heavy (non-hydrogen) atoms. The van der Waals surface area contributed by atoms with Crippen LogP contribution in [0.4, 0.5) is 5.95 Å². The zero-order valence-electron chi connectivity index (χ0n) is 21.5. The molecule has 2 aromatic rings. The molecule has 4 rings (SSSR count). The van der Waals surface area contributed by atoms with E-state index in [-0.39, 0.29) is 12.1 Å². The lowest BCUT2D eigenvalue weighted by atomic mass is 9.94. The molecule has 2 aliphatic rings. The van der Waals surface area contributed by atoms with E-state index in [9.17, 15) is 4.79 Å². The van der Waals surface area contributed by atoms with E-state index in [0.717, 1.165) is 48.6 Å². The van der Waals surface area contributed by atoms with Gasteiger partial charge in [-0.25, -0.2) is 9.48 Å². The summed E-state index contributed by atoms with van der Waals surface area (Å²) in [4.78, 5) is 17.9. The fraction of sp³-hybridized carbons (Fsp3) is 0.593. The van der Waals surface area contributed by atoms with Crippen molar-refractivity contribution in [1.29, 1.82) is 0 Å². The normalized spacial score (nSPS) is 17.9. The molecule has 1 aliphatic heterocycles. The summed E-state index contributed by atoms with van der Waals surface area (Å²) >= 11 is 3.70. The predicted molar refractivity (Wildman–Crippen MR) is 142 cm³/mol. The molecule has 9 heteroatoms. The first-order chi connectivity index (χ1) is 17.5. The summed E-state index contributed by atoms with van der Waals surface area (Å²) in [7, 11) is 0. The maximum absolute atomic E-state index is 13.5. The van der Waals surface area contributed by atoms with Crippen LogP contribution in [0.2, 0.25) is 0 Å². The molecule has 1 atom stereocenters. The van der Waals surface area contributed by atoms with Crippen LogP contribution in [0.1, 0.15) is 90.2 Å². The number of unbranched alkanes of at least 4 members (excludes halogenated alkanes) is 3. The Labute approximate surface area is 221 Å². The summed E-state index contributed by atoms with van der Waals surface area (Å²) in [5, 5.41) is 7.67. The van der Waals surface area contributed by atoms with Crippen LogP contribution in [-0.2, 0) is 9.53 Å². The Hall–Kier alpha value is -2.55. The number of rotatable bonds is 11.